The Hall–Kier alpha value is -3.44. The SMILES string of the molecule is COc1ccccc1/C=C/c1nc2ccccc2c(=O)n1-c1ccc(F)c(Cl)c1. The van der Waals surface area contributed by atoms with Gasteiger partial charge in [0.05, 0.1) is 28.7 Å². The summed E-state index contributed by atoms with van der Waals surface area (Å²) in [5.41, 5.74) is 1.57. The number of hydrogen-bond acceptors (Lipinski definition) is 3. The fourth-order valence-electron chi connectivity index (χ4n) is 3.10. The van der Waals surface area contributed by atoms with Gasteiger partial charge in [0.2, 0.25) is 0 Å². The Labute approximate surface area is 171 Å². The maximum Gasteiger partial charge on any atom is 0.266 e. The predicted molar refractivity (Wildman–Crippen MR) is 114 cm³/mol. The number of fused-ring (bicyclic) bond motifs is 1. The van der Waals surface area contributed by atoms with Gasteiger partial charge >= 0.3 is 0 Å². The minimum absolute atomic E-state index is 0.0674. The Bertz CT molecular complexity index is 1300. The third-order valence-corrected chi connectivity index (χ3v) is 4.80. The van der Waals surface area contributed by atoms with Gasteiger partial charge in [-0.1, -0.05) is 41.9 Å². The van der Waals surface area contributed by atoms with Gasteiger partial charge in [0, 0.05) is 5.56 Å². The first-order chi connectivity index (χ1) is 14.1. The highest BCUT2D eigenvalue weighted by Gasteiger charge is 2.12. The van der Waals surface area contributed by atoms with Gasteiger partial charge in [0.25, 0.3) is 5.56 Å². The molecule has 1 aromatic heterocycles. The van der Waals surface area contributed by atoms with Crippen molar-refractivity contribution in [3.8, 4) is 11.4 Å². The van der Waals surface area contributed by atoms with Crippen molar-refractivity contribution in [3.05, 3.63) is 99.3 Å². The molecule has 0 saturated carbocycles. The number of para-hydroxylation sites is 2. The average molecular weight is 407 g/mol. The summed E-state index contributed by atoms with van der Waals surface area (Å²) in [6, 6.07) is 18.7. The summed E-state index contributed by atoms with van der Waals surface area (Å²) in [5, 5.41) is 0.393. The second kappa shape index (κ2) is 7.89. The Morgan fingerprint density at radius 3 is 2.59 bits per heavy atom. The van der Waals surface area contributed by atoms with Crippen molar-refractivity contribution in [2.75, 3.05) is 7.11 Å². The van der Waals surface area contributed by atoms with E-state index in [0.717, 1.165) is 5.56 Å². The van der Waals surface area contributed by atoms with Crippen LogP contribution in [-0.4, -0.2) is 16.7 Å². The van der Waals surface area contributed by atoms with Crippen LogP contribution in [0.4, 0.5) is 4.39 Å². The zero-order valence-corrected chi connectivity index (χ0v) is 16.2. The number of halogens is 2. The van der Waals surface area contributed by atoms with Crippen LogP contribution >= 0.6 is 11.6 Å². The summed E-state index contributed by atoms with van der Waals surface area (Å²) >= 11 is 5.95. The molecule has 0 aliphatic carbocycles. The van der Waals surface area contributed by atoms with E-state index in [1.165, 1.54) is 22.8 Å². The number of nitrogens with zero attached hydrogens (tertiary/aromatic N) is 2. The fourth-order valence-corrected chi connectivity index (χ4v) is 3.28. The summed E-state index contributed by atoms with van der Waals surface area (Å²) < 4.78 is 20.4. The second-order valence-electron chi connectivity index (χ2n) is 6.30. The van der Waals surface area contributed by atoms with Crippen LogP contribution in [0.2, 0.25) is 5.02 Å². The first-order valence-electron chi connectivity index (χ1n) is 8.87. The van der Waals surface area contributed by atoms with E-state index in [9.17, 15) is 9.18 Å². The van der Waals surface area contributed by atoms with E-state index in [0.29, 0.717) is 28.2 Å². The second-order valence-corrected chi connectivity index (χ2v) is 6.71. The van der Waals surface area contributed by atoms with Gasteiger partial charge in [0.15, 0.2) is 0 Å². The summed E-state index contributed by atoms with van der Waals surface area (Å²) in [7, 11) is 1.59. The minimum atomic E-state index is -0.552. The highest BCUT2D eigenvalue weighted by Crippen LogP contribution is 2.23. The summed E-state index contributed by atoms with van der Waals surface area (Å²) in [6.07, 6.45) is 3.54. The van der Waals surface area contributed by atoms with Crippen molar-refractivity contribution in [1.29, 1.82) is 0 Å². The van der Waals surface area contributed by atoms with Gasteiger partial charge in [-0.05, 0) is 48.6 Å². The van der Waals surface area contributed by atoms with Crippen molar-refractivity contribution in [2.45, 2.75) is 0 Å². The molecule has 29 heavy (non-hydrogen) atoms. The van der Waals surface area contributed by atoms with E-state index >= 15 is 0 Å². The van der Waals surface area contributed by atoms with E-state index in [4.69, 9.17) is 16.3 Å². The van der Waals surface area contributed by atoms with E-state index in [1.807, 2.05) is 36.4 Å². The molecule has 0 spiro atoms. The first kappa shape index (κ1) is 18.9. The number of rotatable bonds is 4. The largest absolute Gasteiger partial charge is 0.496 e. The molecular formula is C23H16ClFN2O2. The van der Waals surface area contributed by atoms with Crippen molar-refractivity contribution < 1.29 is 9.13 Å². The van der Waals surface area contributed by atoms with Gasteiger partial charge in [-0.25, -0.2) is 9.37 Å². The fraction of sp³-hybridized carbons (Fsp3) is 0.0435. The molecule has 144 valence electrons. The van der Waals surface area contributed by atoms with Crippen LogP contribution < -0.4 is 10.3 Å². The zero-order chi connectivity index (χ0) is 20.4. The van der Waals surface area contributed by atoms with Crippen LogP contribution in [0.5, 0.6) is 5.75 Å². The predicted octanol–water partition coefficient (Wildman–Crippen LogP) is 5.36. The lowest BCUT2D eigenvalue weighted by atomic mass is 10.1. The van der Waals surface area contributed by atoms with Crippen molar-refractivity contribution >= 4 is 34.7 Å². The average Bonchev–Trinajstić information content (AvgIpc) is 2.74. The van der Waals surface area contributed by atoms with Gasteiger partial charge < -0.3 is 4.74 Å². The Morgan fingerprint density at radius 1 is 1.03 bits per heavy atom. The van der Waals surface area contributed by atoms with Crippen molar-refractivity contribution in [1.82, 2.24) is 9.55 Å². The summed E-state index contributed by atoms with van der Waals surface area (Å²) in [4.78, 5) is 17.8. The third kappa shape index (κ3) is 3.65. The number of benzene rings is 3. The number of aromatic nitrogens is 2. The topological polar surface area (TPSA) is 44.1 Å². The van der Waals surface area contributed by atoms with Gasteiger partial charge in [-0.3, -0.25) is 9.36 Å². The van der Waals surface area contributed by atoms with Gasteiger partial charge in [-0.2, -0.15) is 0 Å². The van der Waals surface area contributed by atoms with Crippen LogP contribution in [0.15, 0.2) is 71.5 Å². The monoisotopic (exact) mass is 406 g/mol. The molecule has 0 unspecified atom stereocenters. The smallest absolute Gasteiger partial charge is 0.266 e. The Kier molecular flexibility index (Phi) is 5.14. The molecule has 3 aromatic carbocycles. The van der Waals surface area contributed by atoms with E-state index in [-0.39, 0.29) is 10.6 Å². The van der Waals surface area contributed by atoms with Crippen LogP contribution in [-0.2, 0) is 0 Å². The molecule has 0 N–H and O–H groups in total. The lowest BCUT2D eigenvalue weighted by Crippen LogP contribution is -2.22. The maximum absolute atomic E-state index is 13.7. The van der Waals surface area contributed by atoms with Crippen molar-refractivity contribution in [3.63, 3.8) is 0 Å². The maximum atomic E-state index is 13.7. The summed E-state index contributed by atoms with van der Waals surface area (Å²) in [5.74, 6) is 0.536. The quantitative estimate of drug-likeness (QED) is 0.458. The normalized spacial score (nSPS) is 11.3. The Balaban J connectivity index is 1.95. The highest BCUT2D eigenvalue weighted by atomic mass is 35.5. The molecule has 0 aliphatic heterocycles. The van der Waals surface area contributed by atoms with Gasteiger partial charge in [0.1, 0.15) is 17.4 Å². The highest BCUT2D eigenvalue weighted by molar-refractivity contribution is 6.30. The molecule has 0 saturated heterocycles. The van der Waals surface area contributed by atoms with Crippen LogP contribution in [0.25, 0.3) is 28.7 Å². The molecule has 0 amide bonds. The van der Waals surface area contributed by atoms with E-state index in [1.54, 1.807) is 31.4 Å². The lowest BCUT2D eigenvalue weighted by molar-refractivity contribution is 0.414. The number of hydrogen-bond donors (Lipinski definition) is 0. The third-order valence-electron chi connectivity index (χ3n) is 4.51. The molecule has 6 heteroatoms. The molecule has 1 heterocycles. The van der Waals surface area contributed by atoms with Crippen LogP contribution in [0.1, 0.15) is 11.4 Å². The summed E-state index contributed by atoms with van der Waals surface area (Å²) in [6.45, 7) is 0. The van der Waals surface area contributed by atoms with Crippen molar-refractivity contribution in [2.24, 2.45) is 0 Å². The first-order valence-corrected chi connectivity index (χ1v) is 9.24. The van der Waals surface area contributed by atoms with Crippen LogP contribution in [0, 0.1) is 5.82 Å². The molecule has 0 aliphatic rings. The van der Waals surface area contributed by atoms with Gasteiger partial charge in [-0.15, -0.1) is 0 Å². The van der Waals surface area contributed by atoms with Crippen LogP contribution in [0.3, 0.4) is 0 Å². The molecule has 0 fully saturated rings. The van der Waals surface area contributed by atoms with E-state index < -0.39 is 5.82 Å². The molecule has 4 nitrogen and oxygen atoms in total. The van der Waals surface area contributed by atoms with E-state index in [2.05, 4.69) is 4.98 Å². The zero-order valence-electron chi connectivity index (χ0n) is 15.5. The minimum Gasteiger partial charge on any atom is -0.496 e. The Morgan fingerprint density at radius 2 is 1.79 bits per heavy atom. The standard InChI is InChI=1S/C23H16ClFN2O2/c1-29-21-9-5-2-6-15(21)10-13-22-26-20-8-4-3-7-17(20)23(28)27(22)16-11-12-19(25)18(24)14-16/h2-14H,1H3/b13-10+. The molecule has 0 atom stereocenters. The number of methoxy groups -OCH3 is 1. The lowest BCUT2D eigenvalue weighted by Gasteiger charge is -2.12. The molecule has 4 aromatic rings. The molecule has 0 bridgehead atoms. The number of ether oxygens (including phenoxy) is 1. The molecular weight excluding hydrogens is 391 g/mol. The molecule has 0 radical (unpaired) electrons. The molecule has 4 rings (SSSR count).